The van der Waals surface area contributed by atoms with E-state index in [1.165, 1.54) is 18.4 Å². The fourth-order valence-electron chi connectivity index (χ4n) is 2.52. The van der Waals surface area contributed by atoms with Gasteiger partial charge in [-0.3, -0.25) is 9.69 Å². The molecule has 3 nitrogen and oxygen atoms in total. The summed E-state index contributed by atoms with van der Waals surface area (Å²) < 4.78 is 0. The van der Waals surface area contributed by atoms with Gasteiger partial charge in [-0.2, -0.15) is 0 Å². The number of carbonyl (C=O) groups excluding carboxylic acids is 1. The first-order valence-corrected chi connectivity index (χ1v) is 9.64. The first kappa shape index (κ1) is 22.4. The Bertz CT molecular complexity index is 482. The minimum absolute atomic E-state index is 0.125. The van der Waals surface area contributed by atoms with Crippen LogP contribution in [0.1, 0.15) is 86.5 Å². The summed E-state index contributed by atoms with van der Waals surface area (Å²) in [6.45, 7) is 12.3. The monoisotopic (exact) mass is 332 g/mol. The summed E-state index contributed by atoms with van der Waals surface area (Å²) in [5.41, 5.74) is 4.41. The molecule has 0 radical (unpaired) electrons. The van der Waals surface area contributed by atoms with Gasteiger partial charge in [0.2, 0.25) is 5.91 Å². The van der Waals surface area contributed by atoms with E-state index in [9.17, 15) is 4.79 Å². The second kappa shape index (κ2) is 13.8. The molecule has 0 N–H and O–H groups in total. The molecule has 3 heteroatoms. The van der Waals surface area contributed by atoms with Crippen LogP contribution in [0.3, 0.4) is 0 Å². The Morgan fingerprint density at radius 3 is 2.58 bits per heavy atom. The maximum atomic E-state index is 12.4. The third kappa shape index (κ3) is 7.79. The predicted octanol–water partition coefficient (Wildman–Crippen LogP) is 6.03. The molecular weight excluding hydrogens is 296 g/mol. The number of aliphatic imine (C=N–C) groups is 1. The van der Waals surface area contributed by atoms with E-state index < -0.39 is 0 Å². The zero-order chi connectivity index (χ0) is 18.4. The van der Waals surface area contributed by atoms with Crippen molar-refractivity contribution in [1.29, 1.82) is 0 Å². The molecule has 1 heterocycles. The first-order chi connectivity index (χ1) is 11.6. The normalized spacial score (nSPS) is 18.1. The van der Waals surface area contributed by atoms with E-state index in [-0.39, 0.29) is 11.9 Å². The van der Waals surface area contributed by atoms with E-state index in [1.807, 2.05) is 38.0 Å². The average Bonchev–Trinajstić information content (AvgIpc) is 2.59. The number of allylic oxidation sites excluding steroid dienone is 3. The smallest absolute Gasteiger partial charge is 0.228 e. The number of nitrogens with zero attached hydrogens (tertiary/aromatic N) is 2. The van der Waals surface area contributed by atoms with Gasteiger partial charge in [0.15, 0.2) is 5.82 Å². The van der Waals surface area contributed by atoms with Gasteiger partial charge < -0.3 is 0 Å². The van der Waals surface area contributed by atoms with Gasteiger partial charge in [-0.25, -0.2) is 4.99 Å². The minimum atomic E-state index is 0.125. The van der Waals surface area contributed by atoms with Crippen molar-refractivity contribution < 1.29 is 4.79 Å². The van der Waals surface area contributed by atoms with Crippen LogP contribution in [0.5, 0.6) is 0 Å². The molecule has 136 valence electrons. The zero-order valence-corrected chi connectivity index (χ0v) is 16.6. The highest BCUT2D eigenvalue weighted by molar-refractivity contribution is 5.82. The van der Waals surface area contributed by atoms with E-state index in [0.717, 1.165) is 25.7 Å². The molecule has 0 aromatic carbocycles. The maximum absolute atomic E-state index is 12.4. The molecule has 0 saturated heterocycles. The lowest BCUT2D eigenvalue weighted by atomic mass is 10.1. The molecule has 0 saturated carbocycles. The molecule has 24 heavy (non-hydrogen) atoms. The van der Waals surface area contributed by atoms with Crippen molar-refractivity contribution in [3.63, 3.8) is 0 Å². The third-order valence-corrected chi connectivity index (χ3v) is 3.96. The van der Waals surface area contributed by atoms with Crippen molar-refractivity contribution in [2.45, 2.75) is 92.5 Å². The Hall–Kier alpha value is -1.60. The molecule has 1 aliphatic rings. The summed E-state index contributed by atoms with van der Waals surface area (Å²) in [5, 5.41) is 0. The molecule has 0 fully saturated rings. The standard InChI is InChI=1S/C19H30N2O.C2H6/c1-5-8-9-12-16(4)21(19(22)7-3)18-14-11-10-13-17(6-2)15-20-18;1-2/h11,13,15-16H,5-10,12H2,1-4H3;1-2H3/b17-13-,20-15-;. The van der Waals surface area contributed by atoms with Gasteiger partial charge in [-0.05, 0) is 37.8 Å². The van der Waals surface area contributed by atoms with Crippen LogP contribution in [0.15, 0.2) is 34.3 Å². The Morgan fingerprint density at radius 1 is 1.29 bits per heavy atom. The van der Waals surface area contributed by atoms with Gasteiger partial charge in [-0.1, -0.05) is 65.7 Å². The summed E-state index contributed by atoms with van der Waals surface area (Å²) >= 11 is 0. The molecule has 0 aromatic heterocycles. The predicted molar refractivity (Wildman–Crippen MR) is 105 cm³/mol. The van der Waals surface area contributed by atoms with Crippen LogP contribution < -0.4 is 0 Å². The van der Waals surface area contributed by atoms with Crippen molar-refractivity contribution >= 4 is 12.1 Å². The van der Waals surface area contributed by atoms with Crippen molar-refractivity contribution in [2.75, 3.05) is 0 Å². The Morgan fingerprint density at radius 2 is 2.00 bits per heavy atom. The quantitative estimate of drug-likeness (QED) is 0.394. The van der Waals surface area contributed by atoms with Gasteiger partial charge >= 0.3 is 0 Å². The summed E-state index contributed by atoms with van der Waals surface area (Å²) in [4.78, 5) is 18.8. The lowest BCUT2D eigenvalue weighted by molar-refractivity contribution is -0.130. The molecule has 0 bridgehead atoms. The summed E-state index contributed by atoms with van der Waals surface area (Å²) in [6, 6.07) is 0.167. The molecule has 1 rings (SSSR count). The number of unbranched alkanes of at least 4 members (excludes halogenated alkanes) is 2. The largest absolute Gasteiger partial charge is 0.287 e. The number of rotatable bonds is 8. The van der Waals surface area contributed by atoms with Gasteiger partial charge in [0, 0.05) is 18.7 Å². The van der Waals surface area contributed by atoms with E-state index >= 15 is 0 Å². The van der Waals surface area contributed by atoms with Crippen LogP contribution in [-0.4, -0.2) is 23.1 Å². The maximum Gasteiger partial charge on any atom is 0.228 e. The summed E-state index contributed by atoms with van der Waals surface area (Å²) in [5.74, 6) is 0.787. The summed E-state index contributed by atoms with van der Waals surface area (Å²) in [7, 11) is 0. The van der Waals surface area contributed by atoms with Gasteiger partial charge in [0.25, 0.3) is 0 Å². The summed E-state index contributed by atoms with van der Waals surface area (Å²) in [6.07, 6.45) is 12.9. The highest BCUT2D eigenvalue weighted by atomic mass is 16.2. The highest BCUT2D eigenvalue weighted by Gasteiger charge is 2.22. The lowest BCUT2D eigenvalue weighted by Gasteiger charge is -2.28. The molecule has 1 unspecified atom stereocenters. The van der Waals surface area contributed by atoms with Crippen molar-refractivity contribution in [2.24, 2.45) is 4.99 Å². The van der Waals surface area contributed by atoms with E-state index in [2.05, 4.69) is 37.6 Å². The van der Waals surface area contributed by atoms with Crippen LogP contribution in [0, 0.1) is 0 Å². The highest BCUT2D eigenvalue weighted by Crippen LogP contribution is 2.18. The fraction of sp³-hybridized carbons (Fsp3) is 0.667. The molecule has 1 aliphatic heterocycles. The van der Waals surface area contributed by atoms with E-state index in [0.29, 0.717) is 12.2 Å². The van der Waals surface area contributed by atoms with E-state index in [4.69, 9.17) is 0 Å². The molecule has 0 aromatic rings. The van der Waals surface area contributed by atoms with Gasteiger partial charge in [0.1, 0.15) is 0 Å². The van der Waals surface area contributed by atoms with Crippen LogP contribution >= 0.6 is 0 Å². The number of hydrogen-bond donors (Lipinski definition) is 0. The fourth-order valence-corrected chi connectivity index (χ4v) is 2.52. The molecular formula is C21H36N2O. The SMILES string of the molecule is CC.CCCCCC(C)N(C(=O)CC)C1=C=CC/C=C(CC)\C=N/1. The molecule has 1 amide bonds. The van der Waals surface area contributed by atoms with Gasteiger partial charge in [0.05, 0.1) is 0 Å². The zero-order valence-electron chi connectivity index (χ0n) is 16.6. The number of hydrogen-bond acceptors (Lipinski definition) is 2. The third-order valence-electron chi connectivity index (χ3n) is 3.96. The van der Waals surface area contributed by atoms with Crippen LogP contribution in [0.2, 0.25) is 0 Å². The Kier molecular flexibility index (Phi) is 12.9. The first-order valence-electron chi connectivity index (χ1n) is 9.64. The second-order valence-corrected chi connectivity index (χ2v) is 5.76. The van der Waals surface area contributed by atoms with Crippen LogP contribution in [-0.2, 0) is 4.79 Å². The van der Waals surface area contributed by atoms with E-state index in [1.54, 1.807) is 0 Å². The molecule has 0 spiro atoms. The van der Waals surface area contributed by atoms with Crippen molar-refractivity contribution in [3.8, 4) is 0 Å². The number of carbonyl (C=O) groups is 1. The minimum Gasteiger partial charge on any atom is -0.287 e. The van der Waals surface area contributed by atoms with Gasteiger partial charge in [-0.15, -0.1) is 0 Å². The second-order valence-electron chi connectivity index (χ2n) is 5.76. The number of amides is 1. The molecule has 1 atom stereocenters. The van der Waals surface area contributed by atoms with Crippen LogP contribution in [0.4, 0.5) is 0 Å². The average molecular weight is 333 g/mol. The van der Waals surface area contributed by atoms with Crippen molar-refractivity contribution in [1.82, 2.24) is 4.90 Å². The van der Waals surface area contributed by atoms with Crippen LogP contribution in [0.25, 0.3) is 0 Å². The lowest BCUT2D eigenvalue weighted by Crippen LogP contribution is -2.37. The van der Waals surface area contributed by atoms with Crippen molar-refractivity contribution in [3.05, 3.63) is 29.3 Å². The Labute approximate surface area is 149 Å². The Balaban J connectivity index is 0.00000254. The molecule has 0 aliphatic carbocycles. The topological polar surface area (TPSA) is 32.7 Å².